The molecule has 0 saturated carbocycles. The van der Waals surface area contributed by atoms with Crippen molar-refractivity contribution in [2.24, 2.45) is 29.2 Å². The van der Waals surface area contributed by atoms with Crippen molar-refractivity contribution in [1.29, 1.82) is 0 Å². The second-order valence-corrected chi connectivity index (χ2v) is 30.2. The second-order valence-electron chi connectivity index (χ2n) is 29.4. The molecule has 14 heterocycles. The number of anilines is 1. The quantitative estimate of drug-likeness (QED) is 0.0229. The van der Waals surface area contributed by atoms with Crippen LogP contribution in [0, 0.1) is 17.8 Å². The lowest BCUT2D eigenvalue weighted by Gasteiger charge is -2.28. The van der Waals surface area contributed by atoms with E-state index in [1.165, 1.54) is 148 Å². The maximum absolute atomic E-state index is 12.3. The fourth-order valence-corrected chi connectivity index (χ4v) is 14.8. The molecule has 9 aromatic heterocycles. The summed E-state index contributed by atoms with van der Waals surface area (Å²) in [6.45, 7) is 18.6. The Balaban J connectivity index is 0.000000160. The van der Waals surface area contributed by atoms with E-state index in [1.54, 1.807) is 79.5 Å². The van der Waals surface area contributed by atoms with E-state index in [4.69, 9.17) is 58.0 Å². The number of fused-ring (bicyclic) bond motifs is 3. The number of carboxylic acid groups (broad SMARTS) is 1. The van der Waals surface area contributed by atoms with Gasteiger partial charge in [0.05, 0.1) is 26.6 Å². The van der Waals surface area contributed by atoms with E-state index < -0.39 is 5.97 Å². The SMILES string of the molecule is CN1CCC(CCN)CC1.CN1CCC(CCNC(=O)/C=C/c2ccc(-c3cc(Cl)c4cnccc4n3)o2)CC1.CN1CCC(CCNC(=O)/C=C/c2ccc(-c3cc(NCCCN4CCCCC4)c4cnccc4n3)o2)CC1.NCCCN1CCCCC1.O=C(O)/C=C/c1ccc(-c2cc(Cl)c3cnccc3n2)o1. The number of carbonyl (C=O) groups is 3. The highest BCUT2D eigenvalue weighted by Crippen LogP contribution is 2.33. The Morgan fingerprint density at radius 2 is 0.855 bits per heavy atom. The topological polar surface area (TPSA) is 293 Å². The predicted octanol–water partition coefficient (Wildman–Crippen LogP) is 14.6. The van der Waals surface area contributed by atoms with Crippen LogP contribution in [0.1, 0.15) is 126 Å². The molecule has 0 aliphatic carbocycles. The van der Waals surface area contributed by atoms with Crippen LogP contribution >= 0.6 is 23.2 Å². The molecule has 0 unspecified atom stereocenters. The van der Waals surface area contributed by atoms with Crippen LogP contribution in [0.4, 0.5) is 5.69 Å². The monoisotopic (exact) mass is 1540 g/mol. The van der Waals surface area contributed by atoms with Gasteiger partial charge in [0.2, 0.25) is 11.8 Å². The molecular weight excluding hydrogens is 1430 g/mol. The molecule has 588 valence electrons. The molecule has 14 rings (SSSR count). The zero-order valence-corrected chi connectivity index (χ0v) is 65.9. The minimum atomic E-state index is -1.03. The highest BCUT2D eigenvalue weighted by Gasteiger charge is 2.21. The average Bonchev–Trinajstić information content (AvgIpc) is 1.41. The number of nitrogens with two attached hydrogens (primary N) is 2. The lowest BCUT2D eigenvalue weighted by atomic mass is 9.94. The molecule has 5 aliphatic heterocycles. The largest absolute Gasteiger partial charge is 0.478 e. The summed E-state index contributed by atoms with van der Waals surface area (Å²) >= 11 is 12.6. The van der Waals surface area contributed by atoms with Crippen molar-refractivity contribution in [3.63, 3.8) is 0 Å². The van der Waals surface area contributed by atoms with Gasteiger partial charge in [-0.2, -0.15) is 0 Å². The van der Waals surface area contributed by atoms with Crippen molar-refractivity contribution in [1.82, 2.24) is 65.0 Å². The summed E-state index contributed by atoms with van der Waals surface area (Å²) in [4.78, 5) is 73.4. The average molecular weight is 1540 g/mol. The Bertz CT molecular complexity index is 4390. The summed E-state index contributed by atoms with van der Waals surface area (Å²) in [5.74, 6) is 4.52. The third-order valence-corrected chi connectivity index (χ3v) is 21.5. The molecule has 5 aliphatic rings. The normalized spacial score (nSPS) is 16.8. The molecule has 0 atom stereocenters. The number of aromatic nitrogens is 6. The summed E-state index contributed by atoms with van der Waals surface area (Å²) in [6.07, 6.45) is 40.4. The van der Waals surface area contributed by atoms with Gasteiger partial charge in [-0.05, 0) is 318 Å². The number of piperidine rings is 5. The van der Waals surface area contributed by atoms with Crippen LogP contribution in [0.3, 0.4) is 0 Å². The Hall–Kier alpha value is -8.75. The molecule has 0 aromatic carbocycles. The summed E-state index contributed by atoms with van der Waals surface area (Å²) in [5.41, 5.74) is 16.2. The highest BCUT2D eigenvalue weighted by molar-refractivity contribution is 6.36. The van der Waals surface area contributed by atoms with E-state index >= 15 is 0 Å². The number of halogens is 2. The number of likely N-dealkylation sites (tertiary alicyclic amines) is 5. The number of hydrogen-bond acceptors (Lipinski definition) is 20. The van der Waals surface area contributed by atoms with Crippen LogP contribution in [-0.2, 0) is 14.4 Å². The molecule has 0 spiro atoms. The Morgan fingerprint density at radius 3 is 1.26 bits per heavy atom. The van der Waals surface area contributed by atoms with Gasteiger partial charge in [0.15, 0.2) is 17.3 Å². The van der Waals surface area contributed by atoms with E-state index in [-0.39, 0.29) is 11.8 Å². The number of furan rings is 3. The van der Waals surface area contributed by atoms with Crippen molar-refractivity contribution in [3.05, 3.63) is 156 Å². The maximum Gasteiger partial charge on any atom is 0.328 e. The molecule has 25 heteroatoms. The number of carbonyl (C=O) groups excluding carboxylic acids is 2. The molecular formula is C85H112Cl2N16O7. The minimum Gasteiger partial charge on any atom is -0.478 e. The first-order valence-electron chi connectivity index (χ1n) is 39.4. The van der Waals surface area contributed by atoms with Gasteiger partial charge in [0.1, 0.15) is 34.4 Å². The summed E-state index contributed by atoms with van der Waals surface area (Å²) in [6, 6.07) is 21.8. The summed E-state index contributed by atoms with van der Waals surface area (Å²) in [7, 11) is 6.52. The van der Waals surface area contributed by atoms with Crippen LogP contribution in [0.2, 0.25) is 10.0 Å². The van der Waals surface area contributed by atoms with Crippen molar-refractivity contribution >= 4 is 97.6 Å². The Labute approximate surface area is 657 Å². The first-order valence-corrected chi connectivity index (χ1v) is 40.2. The number of amides is 2. The van der Waals surface area contributed by atoms with E-state index in [0.29, 0.717) is 86.4 Å². The number of hydrogen-bond donors (Lipinski definition) is 6. The summed E-state index contributed by atoms with van der Waals surface area (Å²) < 4.78 is 17.4. The molecule has 5 saturated heterocycles. The molecule has 23 nitrogen and oxygen atoms in total. The number of rotatable bonds is 25. The van der Waals surface area contributed by atoms with Crippen molar-refractivity contribution in [2.75, 3.05) is 138 Å². The van der Waals surface area contributed by atoms with Crippen molar-refractivity contribution < 1.29 is 32.7 Å². The minimum absolute atomic E-state index is 0.0896. The summed E-state index contributed by atoms with van der Waals surface area (Å²) in [5, 5.41) is 21.8. The maximum atomic E-state index is 12.3. The fourth-order valence-electron chi connectivity index (χ4n) is 14.3. The van der Waals surface area contributed by atoms with Crippen LogP contribution in [0.25, 0.3) is 85.3 Å². The van der Waals surface area contributed by atoms with E-state index in [1.807, 2.05) is 48.7 Å². The van der Waals surface area contributed by atoms with Crippen LogP contribution in [0.15, 0.2) is 141 Å². The smallest absolute Gasteiger partial charge is 0.328 e. The zero-order valence-electron chi connectivity index (χ0n) is 64.4. The molecule has 5 fully saturated rings. The highest BCUT2D eigenvalue weighted by atomic mass is 35.5. The van der Waals surface area contributed by atoms with Crippen LogP contribution in [-0.4, -0.2) is 210 Å². The number of nitrogens with zero attached hydrogens (tertiary/aromatic N) is 11. The third kappa shape index (κ3) is 27.6. The number of aliphatic carboxylic acids is 1. The van der Waals surface area contributed by atoms with Gasteiger partial charge in [0.25, 0.3) is 0 Å². The van der Waals surface area contributed by atoms with Crippen molar-refractivity contribution in [2.45, 2.75) is 109 Å². The first kappa shape index (κ1) is 83.7. The first-order chi connectivity index (χ1) is 53.6. The lowest BCUT2D eigenvalue weighted by molar-refractivity contribution is -0.131. The number of carboxylic acids is 1. The standard InChI is InChI=1S/C31H42N6O2.C23H25ClN4O2.C15H9ClN2O3.2C8H18N2/c1-36-20-12-24(13-21-36)10-16-34-31(38)9-7-25-6-8-30(39-25)29-22-28(26-23-32-15-11-27(26)35-29)33-14-5-19-37-17-3-2-4-18-37;1-28-12-8-16(9-13-28)6-11-26-23(29)5-3-17-2-4-22(30-17)21-14-19(24)18-15-25-10-7-20(18)27-21;16-11-7-13(18-12-5-6-17-8-10(11)12)14-3-1-9(21-14)2-4-15(19)20;1-10-6-3-8(2-5-9)4-7-10;9-5-4-8-10-6-2-1-3-7-10/h6-9,11,15,22-24H,2-5,10,12-14,16-21H2,1H3,(H,33,35)(H,34,38);2-5,7,10,14-16H,6,8-9,11-13H2,1H3,(H,26,29);1-8H,(H,19,20);8H,2-7,9H2,1H3;1-9H2/b9-7+;5-3+;4-2+;;. The van der Waals surface area contributed by atoms with Gasteiger partial charge in [-0.3, -0.25) is 24.5 Å². The predicted molar refractivity (Wildman–Crippen MR) is 443 cm³/mol. The second kappa shape index (κ2) is 44.9. The van der Waals surface area contributed by atoms with Crippen molar-refractivity contribution in [3.8, 4) is 34.4 Å². The Morgan fingerprint density at radius 1 is 0.473 bits per heavy atom. The van der Waals surface area contributed by atoms with E-state index in [0.717, 1.165) is 122 Å². The number of pyridine rings is 6. The Kier molecular flexibility index (Phi) is 34.2. The van der Waals surface area contributed by atoms with Crippen LogP contribution < -0.4 is 27.4 Å². The van der Waals surface area contributed by atoms with Crippen LogP contribution in [0.5, 0.6) is 0 Å². The van der Waals surface area contributed by atoms with E-state index in [2.05, 4.69) is 86.5 Å². The van der Waals surface area contributed by atoms with Gasteiger partial charge in [-0.15, -0.1) is 0 Å². The van der Waals surface area contributed by atoms with E-state index in [9.17, 15) is 14.4 Å². The van der Waals surface area contributed by atoms with Gasteiger partial charge in [-0.1, -0.05) is 36.0 Å². The molecule has 0 bridgehead atoms. The fraction of sp³-hybridized carbons (Fsp3) is 0.471. The van der Waals surface area contributed by atoms with Gasteiger partial charge < -0.3 is 70.3 Å². The lowest BCUT2D eigenvalue weighted by Crippen LogP contribution is -2.32. The van der Waals surface area contributed by atoms with Gasteiger partial charge in [0, 0.05) is 96.9 Å². The number of nitrogens with one attached hydrogen (secondary N) is 3. The molecule has 9 aromatic rings. The molecule has 8 N–H and O–H groups in total. The molecule has 0 radical (unpaired) electrons. The van der Waals surface area contributed by atoms with Gasteiger partial charge >= 0.3 is 5.97 Å². The molecule has 2 amide bonds. The van der Waals surface area contributed by atoms with Gasteiger partial charge in [-0.25, -0.2) is 19.7 Å². The molecule has 110 heavy (non-hydrogen) atoms. The zero-order chi connectivity index (χ0) is 77.2. The third-order valence-electron chi connectivity index (χ3n) is 20.9.